The van der Waals surface area contributed by atoms with E-state index in [0.717, 1.165) is 23.3 Å². The SMILES string of the molecule is C=C(C)Cc1cccc(Oc2ccc(F)cc2)c1. The highest BCUT2D eigenvalue weighted by Crippen LogP contribution is 2.23. The largest absolute Gasteiger partial charge is 0.457 e. The number of hydrogen-bond acceptors (Lipinski definition) is 1. The summed E-state index contributed by atoms with van der Waals surface area (Å²) in [7, 11) is 0. The van der Waals surface area contributed by atoms with Crippen LogP contribution in [0.2, 0.25) is 0 Å². The van der Waals surface area contributed by atoms with Gasteiger partial charge in [0.2, 0.25) is 0 Å². The Morgan fingerprint density at radius 2 is 1.83 bits per heavy atom. The van der Waals surface area contributed by atoms with Gasteiger partial charge in [-0.05, 0) is 55.3 Å². The Morgan fingerprint density at radius 3 is 2.50 bits per heavy atom. The first-order valence-electron chi connectivity index (χ1n) is 5.80. The van der Waals surface area contributed by atoms with Crippen molar-refractivity contribution in [3.05, 3.63) is 72.1 Å². The minimum atomic E-state index is -0.265. The number of hydrogen-bond donors (Lipinski definition) is 0. The zero-order valence-electron chi connectivity index (χ0n) is 10.3. The minimum absolute atomic E-state index is 0.265. The lowest BCUT2D eigenvalue weighted by Gasteiger charge is -2.07. The maximum absolute atomic E-state index is 12.8. The van der Waals surface area contributed by atoms with Gasteiger partial charge in [0.1, 0.15) is 17.3 Å². The third-order valence-corrected chi connectivity index (χ3v) is 2.45. The first-order chi connectivity index (χ1) is 8.63. The molecule has 0 bridgehead atoms. The molecular formula is C16H15FO. The summed E-state index contributed by atoms with van der Waals surface area (Å²) < 4.78 is 18.4. The molecule has 92 valence electrons. The molecule has 0 spiro atoms. The predicted molar refractivity (Wildman–Crippen MR) is 71.4 cm³/mol. The van der Waals surface area contributed by atoms with E-state index < -0.39 is 0 Å². The summed E-state index contributed by atoms with van der Waals surface area (Å²) in [6.45, 7) is 5.88. The van der Waals surface area contributed by atoms with Crippen LogP contribution in [0, 0.1) is 5.82 Å². The highest BCUT2D eigenvalue weighted by Gasteiger charge is 2.00. The van der Waals surface area contributed by atoms with Crippen molar-refractivity contribution in [2.45, 2.75) is 13.3 Å². The van der Waals surface area contributed by atoms with Gasteiger partial charge in [0.25, 0.3) is 0 Å². The standard InChI is InChI=1S/C16H15FO/c1-12(2)10-13-4-3-5-16(11-13)18-15-8-6-14(17)7-9-15/h3-9,11H,1,10H2,2H3. The maximum Gasteiger partial charge on any atom is 0.127 e. The average Bonchev–Trinajstić information content (AvgIpc) is 2.32. The lowest BCUT2D eigenvalue weighted by atomic mass is 10.1. The van der Waals surface area contributed by atoms with E-state index in [-0.39, 0.29) is 5.82 Å². The molecule has 0 saturated heterocycles. The van der Waals surface area contributed by atoms with Crippen molar-refractivity contribution in [2.75, 3.05) is 0 Å². The Hall–Kier alpha value is -2.09. The van der Waals surface area contributed by atoms with Gasteiger partial charge in [0.05, 0.1) is 0 Å². The van der Waals surface area contributed by atoms with Crippen molar-refractivity contribution < 1.29 is 9.13 Å². The number of rotatable bonds is 4. The van der Waals surface area contributed by atoms with Crippen LogP contribution in [0.5, 0.6) is 11.5 Å². The highest BCUT2D eigenvalue weighted by molar-refractivity contribution is 5.35. The van der Waals surface area contributed by atoms with Crippen LogP contribution in [-0.2, 0) is 6.42 Å². The fraction of sp³-hybridized carbons (Fsp3) is 0.125. The van der Waals surface area contributed by atoms with Crippen LogP contribution in [0.25, 0.3) is 0 Å². The van der Waals surface area contributed by atoms with Crippen molar-refractivity contribution >= 4 is 0 Å². The minimum Gasteiger partial charge on any atom is -0.457 e. The summed E-state index contributed by atoms with van der Waals surface area (Å²) >= 11 is 0. The molecule has 18 heavy (non-hydrogen) atoms. The number of allylic oxidation sites excluding steroid dienone is 1. The Labute approximate surface area is 107 Å². The summed E-state index contributed by atoms with van der Waals surface area (Å²) in [5.74, 6) is 1.11. The molecule has 0 aliphatic heterocycles. The summed E-state index contributed by atoms with van der Waals surface area (Å²) in [5, 5.41) is 0. The molecule has 2 rings (SSSR count). The number of benzene rings is 2. The Morgan fingerprint density at radius 1 is 1.11 bits per heavy atom. The van der Waals surface area contributed by atoms with Crippen molar-refractivity contribution in [1.29, 1.82) is 0 Å². The lowest BCUT2D eigenvalue weighted by molar-refractivity contribution is 0.480. The monoisotopic (exact) mass is 242 g/mol. The fourth-order valence-electron chi connectivity index (χ4n) is 1.71. The van der Waals surface area contributed by atoms with E-state index >= 15 is 0 Å². The predicted octanol–water partition coefficient (Wildman–Crippen LogP) is 4.74. The molecule has 0 heterocycles. The van der Waals surface area contributed by atoms with Gasteiger partial charge in [0, 0.05) is 0 Å². The molecule has 0 atom stereocenters. The Balaban J connectivity index is 2.13. The molecule has 2 aromatic carbocycles. The fourth-order valence-corrected chi connectivity index (χ4v) is 1.71. The van der Waals surface area contributed by atoms with Gasteiger partial charge in [-0.25, -0.2) is 4.39 Å². The summed E-state index contributed by atoms with van der Waals surface area (Å²) in [5.41, 5.74) is 2.26. The van der Waals surface area contributed by atoms with Crippen molar-refractivity contribution in [3.8, 4) is 11.5 Å². The van der Waals surface area contributed by atoms with Crippen LogP contribution < -0.4 is 4.74 Å². The quantitative estimate of drug-likeness (QED) is 0.704. The van der Waals surface area contributed by atoms with Crippen LogP contribution in [0.15, 0.2) is 60.7 Å². The summed E-state index contributed by atoms with van der Waals surface area (Å²) in [6, 6.07) is 13.8. The molecule has 0 N–H and O–H groups in total. The van der Waals surface area contributed by atoms with E-state index in [2.05, 4.69) is 6.58 Å². The molecule has 0 aliphatic rings. The topological polar surface area (TPSA) is 9.23 Å². The molecule has 0 saturated carbocycles. The molecule has 0 amide bonds. The van der Waals surface area contributed by atoms with Gasteiger partial charge in [0.15, 0.2) is 0 Å². The van der Waals surface area contributed by atoms with Crippen LogP contribution in [-0.4, -0.2) is 0 Å². The normalized spacial score (nSPS) is 10.1. The first kappa shape index (κ1) is 12.4. The van der Waals surface area contributed by atoms with Gasteiger partial charge >= 0.3 is 0 Å². The Kier molecular flexibility index (Phi) is 3.78. The van der Waals surface area contributed by atoms with Gasteiger partial charge in [-0.15, -0.1) is 0 Å². The third-order valence-electron chi connectivity index (χ3n) is 2.45. The second-order valence-electron chi connectivity index (χ2n) is 4.34. The molecule has 0 fully saturated rings. The molecule has 0 aromatic heterocycles. The maximum atomic E-state index is 12.8. The van der Waals surface area contributed by atoms with E-state index in [4.69, 9.17) is 4.74 Å². The van der Waals surface area contributed by atoms with Gasteiger partial charge in [-0.1, -0.05) is 24.3 Å². The van der Waals surface area contributed by atoms with E-state index in [0.29, 0.717) is 5.75 Å². The Bertz CT molecular complexity index is 543. The number of ether oxygens (including phenoxy) is 1. The number of halogens is 1. The molecule has 2 heteroatoms. The summed E-state index contributed by atoms with van der Waals surface area (Å²) in [4.78, 5) is 0. The van der Waals surface area contributed by atoms with E-state index in [1.165, 1.54) is 12.1 Å². The molecule has 2 aromatic rings. The van der Waals surface area contributed by atoms with Crippen molar-refractivity contribution in [1.82, 2.24) is 0 Å². The lowest BCUT2D eigenvalue weighted by Crippen LogP contribution is -1.88. The smallest absolute Gasteiger partial charge is 0.127 e. The molecule has 0 aliphatic carbocycles. The van der Waals surface area contributed by atoms with Gasteiger partial charge < -0.3 is 4.74 Å². The van der Waals surface area contributed by atoms with Crippen LogP contribution in [0.1, 0.15) is 12.5 Å². The van der Waals surface area contributed by atoms with Crippen molar-refractivity contribution in [3.63, 3.8) is 0 Å². The molecule has 0 unspecified atom stereocenters. The third kappa shape index (κ3) is 3.45. The zero-order chi connectivity index (χ0) is 13.0. The zero-order valence-corrected chi connectivity index (χ0v) is 10.3. The van der Waals surface area contributed by atoms with Crippen LogP contribution >= 0.6 is 0 Å². The van der Waals surface area contributed by atoms with E-state index in [1.807, 2.05) is 31.2 Å². The van der Waals surface area contributed by atoms with Crippen molar-refractivity contribution in [2.24, 2.45) is 0 Å². The second kappa shape index (κ2) is 5.50. The average molecular weight is 242 g/mol. The summed E-state index contributed by atoms with van der Waals surface area (Å²) in [6.07, 6.45) is 0.834. The van der Waals surface area contributed by atoms with E-state index in [1.54, 1.807) is 12.1 Å². The molecule has 1 nitrogen and oxygen atoms in total. The first-order valence-corrected chi connectivity index (χ1v) is 5.80. The molecular weight excluding hydrogens is 227 g/mol. The van der Waals surface area contributed by atoms with Crippen LogP contribution in [0.4, 0.5) is 4.39 Å². The molecule has 0 radical (unpaired) electrons. The van der Waals surface area contributed by atoms with Gasteiger partial charge in [-0.2, -0.15) is 0 Å². The van der Waals surface area contributed by atoms with Crippen LogP contribution in [0.3, 0.4) is 0 Å². The second-order valence-corrected chi connectivity index (χ2v) is 4.34. The van der Waals surface area contributed by atoms with Gasteiger partial charge in [-0.3, -0.25) is 0 Å². The highest BCUT2D eigenvalue weighted by atomic mass is 19.1. The van der Waals surface area contributed by atoms with E-state index in [9.17, 15) is 4.39 Å².